The monoisotopic (exact) mass is 1120 g/mol. The van der Waals surface area contributed by atoms with Crippen LogP contribution >= 0.6 is 22.7 Å². The maximum absolute atomic E-state index is 14.2. The normalized spacial score (nSPS) is 26.5. The summed E-state index contributed by atoms with van der Waals surface area (Å²) in [4.78, 5) is 64.6. The molecule has 2 saturated carbocycles. The lowest BCUT2D eigenvalue weighted by molar-refractivity contribution is -0.123. The summed E-state index contributed by atoms with van der Waals surface area (Å²) < 4.78 is 27.2. The molecule has 0 saturated heterocycles. The molecule has 6 heterocycles. The first-order valence-corrected chi connectivity index (χ1v) is 30.8. The second-order valence-electron chi connectivity index (χ2n) is 24.8. The Balaban J connectivity index is 0.000000169. The molecular weight excluding hydrogens is 1040 g/mol. The second kappa shape index (κ2) is 21.8. The number of fused-ring (bicyclic) bond motifs is 4. The van der Waals surface area contributed by atoms with Crippen LogP contribution in [0.25, 0.3) is 20.9 Å². The highest BCUT2D eigenvalue weighted by molar-refractivity contribution is 7.13. The summed E-state index contributed by atoms with van der Waals surface area (Å²) in [6, 6.07) is 9.50. The Morgan fingerprint density at radius 1 is 0.525 bits per heavy atom. The maximum atomic E-state index is 14.2. The van der Waals surface area contributed by atoms with Crippen molar-refractivity contribution in [1.82, 2.24) is 19.6 Å². The first kappa shape index (κ1) is 56.1. The Morgan fingerprint density at radius 3 is 1.21 bits per heavy atom. The number of ether oxygens (including phenoxy) is 4. The van der Waals surface area contributed by atoms with E-state index in [1.807, 2.05) is 63.5 Å². The van der Waals surface area contributed by atoms with Crippen LogP contribution in [0.4, 0.5) is 0 Å². The topological polar surface area (TPSA) is 118 Å². The van der Waals surface area contributed by atoms with E-state index in [1.165, 1.54) is 0 Å². The fourth-order valence-electron chi connectivity index (χ4n) is 14.4. The highest BCUT2D eigenvalue weighted by atomic mass is 32.1. The van der Waals surface area contributed by atoms with Gasteiger partial charge in [-0.1, -0.05) is 35.4 Å². The minimum absolute atomic E-state index is 0.0255. The summed E-state index contributed by atoms with van der Waals surface area (Å²) in [5.41, 5.74) is 12.8. The van der Waals surface area contributed by atoms with Gasteiger partial charge in [-0.3, -0.25) is 19.2 Å². The Labute approximate surface area is 481 Å². The Hall–Kier alpha value is -5.80. The molecule has 0 bridgehead atoms. The number of hydrogen-bond donors (Lipinski definition) is 0. The van der Waals surface area contributed by atoms with Crippen molar-refractivity contribution >= 4 is 46.1 Å². The zero-order chi connectivity index (χ0) is 56.7. The summed E-state index contributed by atoms with van der Waals surface area (Å²) in [5, 5.41) is 4.14. The molecule has 2 atom stereocenters. The molecule has 2 aromatic carbocycles. The third-order valence-electron chi connectivity index (χ3n) is 19.0. The quantitative estimate of drug-likeness (QED) is 0.152. The number of amides is 2. The van der Waals surface area contributed by atoms with Crippen LogP contribution in [0.5, 0.6) is 23.0 Å². The molecule has 4 aliphatic carbocycles. The van der Waals surface area contributed by atoms with E-state index in [0.717, 1.165) is 139 Å². The lowest BCUT2D eigenvalue weighted by atomic mass is 9.81. The van der Waals surface area contributed by atoms with E-state index in [1.54, 1.807) is 22.7 Å². The highest BCUT2D eigenvalue weighted by Crippen LogP contribution is 2.58. The van der Waals surface area contributed by atoms with Crippen LogP contribution in [0, 0.1) is 25.7 Å². The van der Waals surface area contributed by atoms with Gasteiger partial charge in [0.1, 0.15) is 0 Å². The molecule has 2 amide bonds. The largest absolute Gasteiger partial charge is 0.448 e. The van der Waals surface area contributed by atoms with Gasteiger partial charge >= 0.3 is 0 Å². The molecule has 0 N–H and O–H groups in total. The van der Waals surface area contributed by atoms with Crippen molar-refractivity contribution in [3.05, 3.63) is 114 Å². The van der Waals surface area contributed by atoms with E-state index in [2.05, 4.69) is 86.9 Å². The average molecular weight is 1120 g/mol. The standard InChI is InChI=1S/2C33H40N2O4S/c2*1-19-16-20(2)25(26(36)17-19)18-35-14-13-24-28(32(35)37)21(3)30-31(29(24)27-8-7-15-40-27)39-33(4,38-30)22-9-11-23(12-10-22)34(5)6/h2*7-8,15-16,22-23H,9-14,17-18H2,1-6H3/t2*22?,23?,33-/m10/s1. The second-order valence-corrected chi connectivity index (χ2v) is 26.7. The number of Topliss-reactive ketones (excluding diaryl/α,β-unsaturated/α-hetero) is 2. The molecular formula is C66H80N4O8S2. The van der Waals surface area contributed by atoms with Gasteiger partial charge in [-0.05, 0) is 179 Å². The summed E-state index contributed by atoms with van der Waals surface area (Å²) in [7, 11) is 8.64. The summed E-state index contributed by atoms with van der Waals surface area (Å²) in [6.45, 7) is 17.9. The van der Waals surface area contributed by atoms with Crippen LogP contribution in [-0.4, -0.2) is 121 Å². The number of ketones is 2. The Bertz CT molecular complexity index is 3080. The van der Waals surface area contributed by atoms with Crippen molar-refractivity contribution in [2.45, 2.75) is 156 Å². The van der Waals surface area contributed by atoms with E-state index in [-0.39, 0.29) is 35.2 Å². The summed E-state index contributed by atoms with van der Waals surface area (Å²) in [6.07, 6.45) is 15.1. The van der Waals surface area contributed by atoms with Crippen LogP contribution in [-0.2, 0) is 22.4 Å². The molecule has 14 heteroatoms. The fourth-order valence-corrected chi connectivity index (χ4v) is 16.0. The number of benzene rings is 2. The average Bonchev–Trinajstić information content (AvgIpc) is 4.40. The number of thiophene rings is 2. The van der Waals surface area contributed by atoms with Crippen LogP contribution in [0.3, 0.4) is 0 Å². The van der Waals surface area contributed by atoms with Gasteiger partial charge < -0.3 is 38.5 Å². The third-order valence-corrected chi connectivity index (χ3v) is 20.8. The molecule has 80 heavy (non-hydrogen) atoms. The number of allylic oxidation sites excluding steroid dienone is 6. The smallest absolute Gasteiger partial charge is 0.254 e. The van der Waals surface area contributed by atoms with E-state index in [4.69, 9.17) is 18.9 Å². The molecule has 0 spiro atoms. The zero-order valence-corrected chi connectivity index (χ0v) is 50.7. The van der Waals surface area contributed by atoms with Crippen molar-refractivity contribution in [2.24, 2.45) is 11.8 Å². The van der Waals surface area contributed by atoms with Gasteiger partial charge in [0.05, 0.1) is 11.1 Å². The van der Waals surface area contributed by atoms with Gasteiger partial charge in [0.25, 0.3) is 23.4 Å². The summed E-state index contributed by atoms with van der Waals surface area (Å²) >= 11 is 3.33. The maximum Gasteiger partial charge on any atom is 0.254 e. The minimum atomic E-state index is -0.760. The number of hydrogen-bond acceptors (Lipinski definition) is 12. The van der Waals surface area contributed by atoms with Gasteiger partial charge in [0.15, 0.2) is 34.6 Å². The highest BCUT2D eigenvalue weighted by Gasteiger charge is 2.51. The van der Waals surface area contributed by atoms with Crippen molar-refractivity contribution in [1.29, 1.82) is 0 Å². The number of carbonyl (C=O) groups is 4. The summed E-state index contributed by atoms with van der Waals surface area (Å²) in [5.74, 6) is 2.22. The predicted molar refractivity (Wildman–Crippen MR) is 319 cm³/mol. The van der Waals surface area contributed by atoms with Gasteiger partial charge in [0, 0.05) is 120 Å². The number of carbonyl (C=O) groups excluding carboxylic acids is 4. The van der Waals surface area contributed by atoms with Crippen LogP contribution in [0.2, 0.25) is 0 Å². The van der Waals surface area contributed by atoms with Crippen molar-refractivity contribution in [3.63, 3.8) is 0 Å². The van der Waals surface area contributed by atoms with Gasteiger partial charge in [0.2, 0.25) is 0 Å². The first-order valence-electron chi connectivity index (χ1n) is 29.1. The van der Waals surface area contributed by atoms with Crippen LogP contribution in [0.15, 0.2) is 80.6 Å². The van der Waals surface area contributed by atoms with E-state index < -0.39 is 11.6 Å². The fraction of sp³-hybridized carbons (Fsp3) is 0.515. The van der Waals surface area contributed by atoms with E-state index >= 15 is 0 Å². The number of rotatable bonds is 10. The Morgan fingerprint density at radius 2 is 0.887 bits per heavy atom. The van der Waals surface area contributed by atoms with Gasteiger partial charge in [-0.15, -0.1) is 22.7 Å². The predicted octanol–water partition coefficient (Wildman–Crippen LogP) is 13.1. The molecule has 2 aromatic heterocycles. The lowest BCUT2D eigenvalue weighted by Crippen LogP contribution is -2.46. The van der Waals surface area contributed by atoms with Crippen molar-refractivity contribution in [3.8, 4) is 43.9 Å². The van der Waals surface area contributed by atoms with E-state index in [0.29, 0.717) is 86.6 Å². The zero-order valence-electron chi connectivity index (χ0n) is 49.1. The number of nitrogens with zero attached hydrogens (tertiary/aromatic N) is 4. The molecule has 2 fully saturated rings. The Kier molecular flexibility index (Phi) is 15.3. The van der Waals surface area contributed by atoms with E-state index in [9.17, 15) is 19.2 Å². The van der Waals surface area contributed by atoms with Crippen molar-refractivity contribution < 1.29 is 38.1 Å². The van der Waals surface area contributed by atoms with Crippen molar-refractivity contribution in [2.75, 3.05) is 54.4 Å². The SMILES string of the molecule is CC1=CC(C)=C(CN2CCc3c(c(C)c4c(c3-c3cccs3)O[C@@](C)(C3CCC(N(C)C)CC3)O4)C2=O)C(=O)C1.CC1=CC(C)=C(CN2CCc3c(c(C)c4c(c3-c3cccs3)O[C@](C)(C3CCC(N(C)C)CC3)O4)C2=O)C(=O)C1. The molecule has 4 aliphatic heterocycles. The molecule has 0 unspecified atom stereocenters. The van der Waals surface area contributed by atoms with Gasteiger partial charge in [-0.2, -0.15) is 0 Å². The lowest BCUT2D eigenvalue weighted by Gasteiger charge is -2.39. The van der Waals surface area contributed by atoms with Gasteiger partial charge in [-0.25, -0.2) is 0 Å². The molecule has 12 nitrogen and oxygen atoms in total. The molecule has 424 valence electrons. The molecule has 0 radical (unpaired) electrons. The minimum Gasteiger partial charge on any atom is -0.448 e. The van der Waals surface area contributed by atoms with Crippen LogP contribution < -0.4 is 18.9 Å². The van der Waals surface area contributed by atoms with Crippen LogP contribution in [0.1, 0.15) is 149 Å². The molecule has 12 rings (SSSR count). The third kappa shape index (κ3) is 10.1. The first-order chi connectivity index (χ1) is 38.1. The molecule has 4 aromatic rings. The molecule has 8 aliphatic rings.